The Morgan fingerprint density at radius 1 is 1.18 bits per heavy atom. The van der Waals surface area contributed by atoms with Crippen molar-refractivity contribution in [3.8, 4) is 5.69 Å². The SMILES string of the molecule is CCCCN(CC)C(=O)Cn1c(=O)n(-c2ccccc2F)c(=O)c2sccc21. The number of benzene rings is 1. The number of hydrogen-bond acceptors (Lipinski definition) is 4. The summed E-state index contributed by atoms with van der Waals surface area (Å²) in [6, 6.07) is 7.26. The summed E-state index contributed by atoms with van der Waals surface area (Å²) in [5, 5.41) is 1.69. The molecule has 8 heteroatoms. The number of rotatable bonds is 7. The van der Waals surface area contributed by atoms with Crippen LogP contribution in [0.3, 0.4) is 0 Å². The zero-order valence-corrected chi connectivity index (χ0v) is 16.7. The van der Waals surface area contributed by atoms with E-state index in [0.717, 1.165) is 17.4 Å². The van der Waals surface area contributed by atoms with Crippen molar-refractivity contribution in [3.05, 3.63) is 62.4 Å². The van der Waals surface area contributed by atoms with Crippen molar-refractivity contribution < 1.29 is 9.18 Å². The van der Waals surface area contributed by atoms with Gasteiger partial charge in [-0.15, -0.1) is 11.3 Å². The van der Waals surface area contributed by atoms with Gasteiger partial charge >= 0.3 is 5.69 Å². The number of fused-ring (bicyclic) bond motifs is 1. The first kappa shape index (κ1) is 20.0. The minimum atomic E-state index is -0.721. The van der Waals surface area contributed by atoms with Crippen molar-refractivity contribution in [1.82, 2.24) is 14.0 Å². The molecule has 0 fully saturated rings. The summed E-state index contributed by atoms with van der Waals surface area (Å²) in [6.07, 6.45) is 1.83. The van der Waals surface area contributed by atoms with Gasteiger partial charge in [0, 0.05) is 13.1 Å². The molecule has 0 unspecified atom stereocenters. The Morgan fingerprint density at radius 2 is 1.93 bits per heavy atom. The van der Waals surface area contributed by atoms with Crippen molar-refractivity contribution >= 4 is 27.5 Å². The van der Waals surface area contributed by atoms with Crippen molar-refractivity contribution in [2.45, 2.75) is 33.2 Å². The first-order valence-electron chi connectivity index (χ1n) is 9.25. The van der Waals surface area contributed by atoms with E-state index in [1.807, 2.05) is 13.8 Å². The second-order valence-electron chi connectivity index (χ2n) is 6.42. The Bertz CT molecular complexity index is 1120. The second-order valence-corrected chi connectivity index (χ2v) is 7.34. The van der Waals surface area contributed by atoms with E-state index < -0.39 is 17.1 Å². The van der Waals surface area contributed by atoms with E-state index in [9.17, 15) is 18.8 Å². The summed E-state index contributed by atoms with van der Waals surface area (Å²) in [5.41, 5.74) is -1.03. The van der Waals surface area contributed by atoms with Gasteiger partial charge in [0.2, 0.25) is 5.91 Å². The molecule has 0 N–H and O–H groups in total. The maximum atomic E-state index is 14.3. The molecule has 2 heterocycles. The molecule has 0 spiro atoms. The van der Waals surface area contributed by atoms with Crippen LogP contribution in [-0.2, 0) is 11.3 Å². The van der Waals surface area contributed by atoms with E-state index in [0.29, 0.717) is 23.3 Å². The molecule has 0 radical (unpaired) electrons. The average molecular weight is 403 g/mol. The summed E-state index contributed by atoms with van der Waals surface area (Å²) in [6.45, 7) is 4.88. The molecular formula is C20H22FN3O3S. The van der Waals surface area contributed by atoms with Gasteiger partial charge in [-0.3, -0.25) is 14.2 Å². The van der Waals surface area contributed by atoms with Gasteiger partial charge in [0.1, 0.15) is 17.1 Å². The fraction of sp³-hybridized carbons (Fsp3) is 0.350. The monoisotopic (exact) mass is 403 g/mol. The predicted molar refractivity (Wildman–Crippen MR) is 109 cm³/mol. The molecule has 3 aromatic rings. The smallest absolute Gasteiger partial charge is 0.336 e. The van der Waals surface area contributed by atoms with Crippen molar-refractivity contribution in [1.29, 1.82) is 0 Å². The van der Waals surface area contributed by atoms with Gasteiger partial charge in [-0.05, 0) is 36.9 Å². The van der Waals surface area contributed by atoms with E-state index in [4.69, 9.17) is 0 Å². The number of aromatic nitrogens is 2. The number of nitrogens with zero attached hydrogens (tertiary/aromatic N) is 3. The van der Waals surface area contributed by atoms with Crippen LogP contribution in [0.4, 0.5) is 4.39 Å². The van der Waals surface area contributed by atoms with E-state index in [2.05, 4.69) is 0 Å². The Balaban J connectivity index is 2.15. The molecule has 0 aliphatic carbocycles. The number of hydrogen-bond donors (Lipinski definition) is 0. The number of halogens is 1. The zero-order valence-electron chi connectivity index (χ0n) is 15.9. The van der Waals surface area contributed by atoms with E-state index in [-0.39, 0.29) is 18.1 Å². The number of unbranched alkanes of at least 4 members (excludes halogenated alkanes) is 1. The number of para-hydroxylation sites is 1. The number of likely N-dealkylation sites (N-methyl/N-ethyl adjacent to an activating group) is 1. The van der Waals surface area contributed by atoms with Crippen LogP contribution in [0.15, 0.2) is 45.3 Å². The van der Waals surface area contributed by atoms with Crippen LogP contribution in [0.25, 0.3) is 15.9 Å². The Kier molecular flexibility index (Phi) is 6.08. The summed E-state index contributed by atoms with van der Waals surface area (Å²) >= 11 is 1.17. The first-order chi connectivity index (χ1) is 13.5. The Labute approximate surface area is 165 Å². The molecule has 1 amide bonds. The molecule has 0 saturated heterocycles. The van der Waals surface area contributed by atoms with Gasteiger partial charge in [-0.25, -0.2) is 13.8 Å². The lowest BCUT2D eigenvalue weighted by atomic mass is 10.3. The molecule has 148 valence electrons. The highest BCUT2D eigenvalue weighted by Gasteiger charge is 2.20. The number of thiophene rings is 1. The second kappa shape index (κ2) is 8.52. The molecule has 0 bridgehead atoms. The van der Waals surface area contributed by atoms with Gasteiger partial charge in [-0.2, -0.15) is 0 Å². The van der Waals surface area contributed by atoms with Crippen LogP contribution in [0.1, 0.15) is 26.7 Å². The fourth-order valence-corrected chi connectivity index (χ4v) is 3.95. The van der Waals surface area contributed by atoms with Crippen molar-refractivity contribution in [2.24, 2.45) is 0 Å². The third kappa shape index (κ3) is 3.64. The predicted octanol–water partition coefficient (Wildman–Crippen LogP) is 3.00. The lowest BCUT2D eigenvalue weighted by Gasteiger charge is -2.21. The number of amides is 1. The first-order valence-corrected chi connectivity index (χ1v) is 10.1. The summed E-state index contributed by atoms with van der Waals surface area (Å²) in [5.74, 6) is -0.877. The van der Waals surface area contributed by atoms with Crippen molar-refractivity contribution in [2.75, 3.05) is 13.1 Å². The topological polar surface area (TPSA) is 64.3 Å². The molecule has 0 saturated carbocycles. The molecular weight excluding hydrogens is 381 g/mol. The fourth-order valence-electron chi connectivity index (χ4n) is 3.13. The van der Waals surface area contributed by atoms with Crippen LogP contribution in [0.5, 0.6) is 0 Å². The standard InChI is InChI=1S/C20H22FN3O3S/c1-3-5-11-22(4-2)17(25)13-23-16-10-12-28-18(16)19(26)24(20(23)27)15-9-7-6-8-14(15)21/h6-10,12H,3-5,11,13H2,1-2H3. The molecule has 0 aliphatic rings. The number of carbonyl (C=O) groups is 1. The van der Waals surface area contributed by atoms with Crippen LogP contribution in [0.2, 0.25) is 0 Å². The Hall–Kier alpha value is -2.74. The molecule has 2 aromatic heterocycles. The van der Waals surface area contributed by atoms with Gasteiger partial charge < -0.3 is 4.90 Å². The maximum Gasteiger partial charge on any atom is 0.336 e. The molecule has 1 aromatic carbocycles. The van der Waals surface area contributed by atoms with Gasteiger partial charge in [0.15, 0.2) is 0 Å². The van der Waals surface area contributed by atoms with Crippen LogP contribution < -0.4 is 11.2 Å². The summed E-state index contributed by atoms with van der Waals surface area (Å²) in [7, 11) is 0. The maximum absolute atomic E-state index is 14.3. The minimum absolute atomic E-state index is 0.118. The largest absolute Gasteiger partial charge is 0.341 e. The minimum Gasteiger partial charge on any atom is -0.341 e. The third-order valence-electron chi connectivity index (χ3n) is 4.66. The van der Waals surface area contributed by atoms with E-state index in [1.54, 1.807) is 22.4 Å². The van der Waals surface area contributed by atoms with Crippen LogP contribution >= 0.6 is 11.3 Å². The molecule has 3 rings (SSSR count). The molecule has 6 nitrogen and oxygen atoms in total. The molecule has 0 atom stereocenters. The van der Waals surface area contributed by atoms with Crippen LogP contribution in [0, 0.1) is 5.82 Å². The number of carbonyl (C=O) groups excluding carboxylic acids is 1. The van der Waals surface area contributed by atoms with Gasteiger partial charge in [0.25, 0.3) is 5.56 Å². The zero-order chi connectivity index (χ0) is 20.3. The van der Waals surface area contributed by atoms with E-state index >= 15 is 0 Å². The van der Waals surface area contributed by atoms with Crippen molar-refractivity contribution in [3.63, 3.8) is 0 Å². The van der Waals surface area contributed by atoms with Gasteiger partial charge in [0.05, 0.1) is 11.2 Å². The third-order valence-corrected chi connectivity index (χ3v) is 5.55. The lowest BCUT2D eigenvalue weighted by molar-refractivity contribution is -0.131. The normalized spacial score (nSPS) is 11.1. The lowest BCUT2D eigenvalue weighted by Crippen LogP contribution is -2.43. The van der Waals surface area contributed by atoms with E-state index in [1.165, 1.54) is 34.1 Å². The molecule has 0 aliphatic heterocycles. The summed E-state index contributed by atoms with van der Waals surface area (Å²) in [4.78, 5) is 40.4. The quantitative estimate of drug-likeness (QED) is 0.609. The average Bonchev–Trinajstić information content (AvgIpc) is 3.17. The summed E-state index contributed by atoms with van der Waals surface area (Å²) < 4.78 is 16.7. The highest BCUT2D eigenvalue weighted by Crippen LogP contribution is 2.17. The highest BCUT2D eigenvalue weighted by atomic mass is 32.1. The molecule has 28 heavy (non-hydrogen) atoms. The Morgan fingerprint density at radius 3 is 2.61 bits per heavy atom. The van der Waals surface area contributed by atoms with Gasteiger partial charge in [-0.1, -0.05) is 25.5 Å². The highest BCUT2D eigenvalue weighted by molar-refractivity contribution is 7.17. The van der Waals surface area contributed by atoms with Crippen LogP contribution in [-0.4, -0.2) is 33.0 Å².